The van der Waals surface area contributed by atoms with Gasteiger partial charge in [-0.25, -0.2) is 0 Å². The van der Waals surface area contributed by atoms with E-state index in [1.54, 1.807) is 0 Å². The summed E-state index contributed by atoms with van der Waals surface area (Å²) in [5, 5.41) is 6.40. The molecule has 2 N–H and O–H groups in total. The van der Waals surface area contributed by atoms with Crippen LogP contribution < -0.4 is 15.5 Å². The van der Waals surface area contributed by atoms with Crippen molar-refractivity contribution in [2.24, 2.45) is 0 Å². The van der Waals surface area contributed by atoms with Crippen molar-refractivity contribution in [3.05, 3.63) is 23.8 Å². The molecule has 3 rings (SSSR count). The van der Waals surface area contributed by atoms with Crippen LogP contribution in [0.15, 0.2) is 18.2 Å². The standard InChI is InChI=1S/C14H19N3O2/c1-15-11-2-3-13-10(6-11)7-14(18)17(13)9-12-8-16-4-5-19-12/h2-3,6,12,15-16H,4-5,7-9H2,1H3. The molecule has 0 bridgehead atoms. The number of ether oxygens (including phenoxy) is 1. The molecule has 1 aromatic carbocycles. The predicted octanol–water partition coefficient (Wildman–Crippen LogP) is 0.606. The van der Waals surface area contributed by atoms with Crippen LogP contribution >= 0.6 is 0 Å². The van der Waals surface area contributed by atoms with Gasteiger partial charge in [0.15, 0.2) is 0 Å². The fraction of sp³-hybridized carbons (Fsp3) is 0.500. The van der Waals surface area contributed by atoms with Crippen LogP contribution in [0.5, 0.6) is 0 Å². The largest absolute Gasteiger partial charge is 0.388 e. The van der Waals surface area contributed by atoms with Gasteiger partial charge in [-0.05, 0) is 23.8 Å². The molecule has 2 aliphatic heterocycles. The maximum atomic E-state index is 12.1. The van der Waals surface area contributed by atoms with E-state index < -0.39 is 0 Å². The Morgan fingerprint density at radius 1 is 1.53 bits per heavy atom. The summed E-state index contributed by atoms with van der Waals surface area (Å²) < 4.78 is 5.68. The quantitative estimate of drug-likeness (QED) is 0.837. The summed E-state index contributed by atoms with van der Waals surface area (Å²) in [6.07, 6.45) is 0.581. The highest BCUT2D eigenvalue weighted by molar-refractivity contribution is 6.01. The number of anilines is 2. The minimum absolute atomic E-state index is 0.0904. The van der Waals surface area contributed by atoms with Crippen LogP contribution in [-0.2, 0) is 16.0 Å². The van der Waals surface area contributed by atoms with E-state index in [0.29, 0.717) is 13.0 Å². The van der Waals surface area contributed by atoms with Gasteiger partial charge in [-0.3, -0.25) is 4.79 Å². The van der Waals surface area contributed by atoms with Crippen molar-refractivity contribution in [1.82, 2.24) is 5.32 Å². The predicted molar refractivity (Wildman–Crippen MR) is 74.7 cm³/mol. The van der Waals surface area contributed by atoms with Crippen molar-refractivity contribution in [3.8, 4) is 0 Å². The van der Waals surface area contributed by atoms with Crippen LogP contribution in [0.4, 0.5) is 11.4 Å². The molecule has 1 atom stereocenters. The van der Waals surface area contributed by atoms with Gasteiger partial charge in [-0.2, -0.15) is 0 Å². The van der Waals surface area contributed by atoms with E-state index in [9.17, 15) is 4.79 Å². The maximum Gasteiger partial charge on any atom is 0.231 e. The van der Waals surface area contributed by atoms with Gasteiger partial charge < -0.3 is 20.3 Å². The first-order chi connectivity index (χ1) is 9.28. The first-order valence-corrected chi connectivity index (χ1v) is 6.71. The molecule has 0 saturated carbocycles. The number of rotatable bonds is 3. The van der Waals surface area contributed by atoms with Crippen molar-refractivity contribution >= 4 is 17.3 Å². The Morgan fingerprint density at radius 3 is 3.16 bits per heavy atom. The number of amides is 1. The fourth-order valence-electron chi connectivity index (χ4n) is 2.68. The van der Waals surface area contributed by atoms with Gasteiger partial charge in [0.1, 0.15) is 0 Å². The summed E-state index contributed by atoms with van der Waals surface area (Å²) in [5.41, 5.74) is 3.17. The second-order valence-electron chi connectivity index (χ2n) is 4.97. The van der Waals surface area contributed by atoms with Crippen molar-refractivity contribution in [2.75, 3.05) is 43.5 Å². The minimum atomic E-state index is 0.0904. The van der Waals surface area contributed by atoms with E-state index in [1.807, 2.05) is 30.1 Å². The van der Waals surface area contributed by atoms with Gasteiger partial charge in [0.2, 0.25) is 5.91 Å². The fourth-order valence-corrected chi connectivity index (χ4v) is 2.68. The zero-order valence-corrected chi connectivity index (χ0v) is 11.1. The van der Waals surface area contributed by atoms with Crippen LogP contribution in [0, 0.1) is 0 Å². The number of fused-ring (bicyclic) bond motifs is 1. The van der Waals surface area contributed by atoms with Crippen LogP contribution in [0.25, 0.3) is 0 Å². The lowest BCUT2D eigenvalue weighted by Crippen LogP contribution is -2.46. The summed E-state index contributed by atoms with van der Waals surface area (Å²) in [4.78, 5) is 14.0. The van der Waals surface area contributed by atoms with Gasteiger partial charge in [0.25, 0.3) is 0 Å². The number of benzene rings is 1. The van der Waals surface area contributed by atoms with E-state index in [0.717, 1.165) is 36.6 Å². The minimum Gasteiger partial charge on any atom is -0.388 e. The lowest BCUT2D eigenvalue weighted by atomic mass is 10.1. The Balaban J connectivity index is 1.78. The van der Waals surface area contributed by atoms with E-state index in [4.69, 9.17) is 4.74 Å². The first-order valence-electron chi connectivity index (χ1n) is 6.71. The molecule has 0 aliphatic carbocycles. The van der Waals surface area contributed by atoms with Crippen molar-refractivity contribution in [1.29, 1.82) is 0 Å². The number of carbonyl (C=O) groups excluding carboxylic acids is 1. The van der Waals surface area contributed by atoms with E-state index in [-0.39, 0.29) is 12.0 Å². The molecule has 1 saturated heterocycles. The average molecular weight is 261 g/mol. The van der Waals surface area contributed by atoms with E-state index in [1.165, 1.54) is 0 Å². The summed E-state index contributed by atoms with van der Waals surface area (Å²) in [5.74, 6) is 0.164. The zero-order valence-electron chi connectivity index (χ0n) is 11.1. The van der Waals surface area contributed by atoms with Crippen LogP contribution in [0.3, 0.4) is 0 Å². The van der Waals surface area contributed by atoms with Crippen molar-refractivity contribution in [2.45, 2.75) is 12.5 Å². The van der Waals surface area contributed by atoms with Gasteiger partial charge in [0.05, 0.1) is 25.7 Å². The van der Waals surface area contributed by atoms with E-state index >= 15 is 0 Å². The monoisotopic (exact) mass is 261 g/mol. The third kappa shape index (κ3) is 2.43. The van der Waals surface area contributed by atoms with Crippen molar-refractivity contribution < 1.29 is 9.53 Å². The third-order valence-electron chi connectivity index (χ3n) is 3.69. The summed E-state index contributed by atoms with van der Waals surface area (Å²) >= 11 is 0. The molecular weight excluding hydrogens is 242 g/mol. The van der Waals surface area contributed by atoms with Gasteiger partial charge >= 0.3 is 0 Å². The molecule has 2 heterocycles. The second-order valence-corrected chi connectivity index (χ2v) is 4.97. The molecule has 102 valence electrons. The van der Waals surface area contributed by atoms with E-state index in [2.05, 4.69) is 10.6 Å². The van der Waals surface area contributed by atoms with Gasteiger partial charge in [-0.1, -0.05) is 0 Å². The molecule has 5 heteroatoms. The lowest BCUT2D eigenvalue weighted by molar-refractivity contribution is -0.117. The highest BCUT2D eigenvalue weighted by atomic mass is 16.5. The van der Waals surface area contributed by atoms with Crippen LogP contribution in [-0.4, -0.2) is 45.3 Å². The molecule has 1 amide bonds. The molecular formula is C14H19N3O2. The Labute approximate surface area is 112 Å². The normalized spacial score (nSPS) is 22.5. The highest BCUT2D eigenvalue weighted by Crippen LogP contribution is 2.31. The Kier molecular flexibility index (Phi) is 3.40. The molecule has 2 aliphatic rings. The number of hydrogen-bond donors (Lipinski definition) is 2. The molecule has 1 aromatic rings. The van der Waals surface area contributed by atoms with Crippen molar-refractivity contribution in [3.63, 3.8) is 0 Å². The number of nitrogens with zero attached hydrogens (tertiary/aromatic N) is 1. The smallest absolute Gasteiger partial charge is 0.231 e. The molecule has 0 spiro atoms. The molecule has 0 aromatic heterocycles. The third-order valence-corrected chi connectivity index (χ3v) is 3.69. The van der Waals surface area contributed by atoms with Crippen LogP contribution in [0.2, 0.25) is 0 Å². The van der Waals surface area contributed by atoms with Gasteiger partial charge in [0, 0.05) is 31.5 Å². The summed E-state index contributed by atoms with van der Waals surface area (Å²) in [6.45, 7) is 3.07. The second kappa shape index (κ2) is 5.19. The Bertz CT molecular complexity index is 484. The summed E-state index contributed by atoms with van der Waals surface area (Å²) in [6, 6.07) is 6.07. The molecule has 19 heavy (non-hydrogen) atoms. The number of hydrogen-bond acceptors (Lipinski definition) is 4. The first kappa shape index (κ1) is 12.4. The Hall–Kier alpha value is -1.59. The number of carbonyl (C=O) groups is 1. The number of nitrogens with one attached hydrogen (secondary N) is 2. The molecule has 1 fully saturated rings. The molecule has 1 unspecified atom stereocenters. The lowest BCUT2D eigenvalue weighted by Gasteiger charge is -2.28. The number of morpholine rings is 1. The molecule has 5 nitrogen and oxygen atoms in total. The van der Waals surface area contributed by atoms with Gasteiger partial charge in [-0.15, -0.1) is 0 Å². The highest BCUT2D eigenvalue weighted by Gasteiger charge is 2.30. The Morgan fingerprint density at radius 2 is 2.42 bits per heavy atom. The average Bonchev–Trinajstić information content (AvgIpc) is 2.75. The maximum absolute atomic E-state index is 12.1. The zero-order chi connectivity index (χ0) is 13.2. The summed E-state index contributed by atoms with van der Waals surface area (Å²) in [7, 11) is 1.89. The topological polar surface area (TPSA) is 53.6 Å². The van der Waals surface area contributed by atoms with Crippen LogP contribution in [0.1, 0.15) is 5.56 Å². The molecule has 0 radical (unpaired) electrons. The SMILES string of the molecule is CNc1ccc2c(c1)CC(=O)N2CC1CNCCO1.